The zero-order valence-corrected chi connectivity index (χ0v) is 44.1. The Morgan fingerprint density at radius 2 is 0.697 bits per heavy atom. The molecule has 0 fully saturated rings. The summed E-state index contributed by atoms with van der Waals surface area (Å²) in [5.41, 5.74) is 0.772. The molecule has 10 nitrogen and oxygen atoms in total. The number of carbonyl (C=O) groups is 4. The molecule has 0 heterocycles. The molecule has 6 rings (SSSR count). The summed E-state index contributed by atoms with van der Waals surface area (Å²) in [6.07, 6.45) is 24.9. The maximum Gasteiger partial charge on any atom is 0.343 e. The van der Waals surface area contributed by atoms with Gasteiger partial charge >= 0.3 is 23.9 Å². The summed E-state index contributed by atoms with van der Waals surface area (Å²) in [7, 11) is 0. The number of unbranched alkanes of at least 4 members (excludes halogenated alkanes) is 18. The summed E-state index contributed by atoms with van der Waals surface area (Å²) in [6.45, 7) is 5.69. The van der Waals surface area contributed by atoms with Crippen LogP contribution >= 0.6 is 0 Å². The van der Waals surface area contributed by atoms with Gasteiger partial charge in [0.2, 0.25) is 0 Å². The second kappa shape index (κ2) is 32.2. The molecule has 0 spiro atoms. The smallest absolute Gasteiger partial charge is 0.343 e. The van der Waals surface area contributed by atoms with Crippen LogP contribution in [-0.4, -0.2) is 37.1 Å². The van der Waals surface area contributed by atoms with Crippen LogP contribution in [0, 0.1) is 11.6 Å². The number of hydrogen-bond donors (Lipinski definition) is 0. The summed E-state index contributed by atoms with van der Waals surface area (Å²) >= 11 is 0. The third-order valence-electron chi connectivity index (χ3n) is 12.9. The molecule has 0 aliphatic heterocycles. The lowest BCUT2D eigenvalue weighted by molar-refractivity contribution is 0.0716. The predicted molar refractivity (Wildman–Crippen MR) is 292 cm³/mol. The molecule has 6 aromatic carbocycles. The fraction of sp³-hybridized carbons (Fsp3) is 0.375. The van der Waals surface area contributed by atoms with Crippen molar-refractivity contribution in [1.29, 1.82) is 0 Å². The molecular weight excluding hydrogens is 967 g/mol. The average Bonchev–Trinajstić information content (AvgIpc) is 3.43. The van der Waals surface area contributed by atoms with Crippen LogP contribution in [-0.2, 0) is 0 Å². The molecule has 0 radical (unpaired) electrons. The van der Waals surface area contributed by atoms with Crippen LogP contribution in [0.3, 0.4) is 0 Å². The van der Waals surface area contributed by atoms with Crippen LogP contribution in [0.4, 0.5) is 8.78 Å². The van der Waals surface area contributed by atoms with Gasteiger partial charge in [0.15, 0.2) is 23.1 Å². The van der Waals surface area contributed by atoms with E-state index in [0.717, 1.165) is 31.7 Å². The number of esters is 4. The topological polar surface area (TPSA) is 124 Å². The fourth-order valence-corrected chi connectivity index (χ4v) is 8.46. The van der Waals surface area contributed by atoms with Crippen molar-refractivity contribution in [2.24, 2.45) is 0 Å². The molecule has 0 aromatic heterocycles. The van der Waals surface area contributed by atoms with Crippen LogP contribution in [0.15, 0.2) is 133 Å². The van der Waals surface area contributed by atoms with E-state index in [-0.39, 0.29) is 33.8 Å². The van der Waals surface area contributed by atoms with E-state index in [1.54, 1.807) is 48.5 Å². The number of rotatable bonds is 33. The van der Waals surface area contributed by atoms with Crippen molar-refractivity contribution in [2.75, 3.05) is 13.2 Å². The van der Waals surface area contributed by atoms with Gasteiger partial charge in [0.1, 0.15) is 23.0 Å². The Kier molecular flexibility index (Phi) is 24.5. The molecular formula is C64H72F2O10. The minimum atomic E-state index is -0.949. The van der Waals surface area contributed by atoms with Crippen molar-refractivity contribution in [3.8, 4) is 45.6 Å². The van der Waals surface area contributed by atoms with Gasteiger partial charge < -0.3 is 28.4 Å². The highest BCUT2D eigenvalue weighted by molar-refractivity contribution is 5.94. The normalized spacial score (nSPS) is 10.9. The lowest BCUT2D eigenvalue weighted by Gasteiger charge is -2.11. The van der Waals surface area contributed by atoms with Crippen LogP contribution in [0.25, 0.3) is 11.1 Å². The van der Waals surface area contributed by atoms with E-state index in [1.807, 2.05) is 0 Å². The van der Waals surface area contributed by atoms with Crippen LogP contribution < -0.4 is 28.4 Å². The van der Waals surface area contributed by atoms with Gasteiger partial charge in [-0.15, -0.1) is 0 Å². The first-order valence-corrected chi connectivity index (χ1v) is 27.2. The molecule has 0 atom stereocenters. The fourth-order valence-electron chi connectivity index (χ4n) is 8.46. The van der Waals surface area contributed by atoms with Crippen molar-refractivity contribution >= 4 is 23.9 Å². The van der Waals surface area contributed by atoms with Crippen LogP contribution in [0.2, 0.25) is 0 Å². The second-order valence-corrected chi connectivity index (χ2v) is 19.0. The van der Waals surface area contributed by atoms with Crippen LogP contribution in [0.5, 0.6) is 34.5 Å². The molecule has 0 aliphatic carbocycles. The van der Waals surface area contributed by atoms with E-state index < -0.39 is 47.0 Å². The van der Waals surface area contributed by atoms with E-state index in [0.29, 0.717) is 35.8 Å². The molecule has 0 saturated heterocycles. The van der Waals surface area contributed by atoms with E-state index >= 15 is 8.78 Å². The van der Waals surface area contributed by atoms with Crippen molar-refractivity contribution in [2.45, 2.75) is 142 Å². The highest BCUT2D eigenvalue weighted by atomic mass is 19.1. The first kappa shape index (κ1) is 57.9. The van der Waals surface area contributed by atoms with Crippen molar-refractivity contribution in [3.63, 3.8) is 0 Å². The molecule has 0 bridgehead atoms. The molecule has 402 valence electrons. The van der Waals surface area contributed by atoms with E-state index in [9.17, 15) is 19.2 Å². The average molecular weight is 1040 g/mol. The third kappa shape index (κ3) is 19.4. The first-order chi connectivity index (χ1) is 37.1. The molecule has 0 unspecified atom stereocenters. The number of hydrogen-bond acceptors (Lipinski definition) is 10. The quantitative estimate of drug-likeness (QED) is 0.0224. The maximum atomic E-state index is 15.8. The second-order valence-electron chi connectivity index (χ2n) is 19.0. The van der Waals surface area contributed by atoms with Gasteiger partial charge in [-0.25, -0.2) is 28.0 Å². The van der Waals surface area contributed by atoms with E-state index in [2.05, 4.69) is 13.8 Å². The zero-order chi connectivity index (χ0) is 53.7. The molecule has 0 saturated carbocycles. The Labute approximate surface area is 447 Å². The third-order valence-corrected chi connectivity index (χ3v) is 12.9. The molecule has 0 amide bonds. The summed E-state index contributed by atoms with van der Waals surface area (Å²) < 4.78 is 64.6. The highest BCUT2D eigenvalue weighted by Gasteiger charge is 2.20. The van der Waals surface area contributed by atoms with Gasteiger partial charge in [0.25, 0.3) is 0 Å². The maximum absolute atomic E-state index is 15.8. The Bertz CT molecular complexity index is 2720. The molecule has 12 heteroatoms. The lowest BCUT2D eigenvalue weighted by atomic mass is 10.0. The van der Waals surface area contributed by atoms with Crippen molar-refractivity contribution < 1.29 is 56.4 Å². The minimum Gasteiger partial charge on any atom is -0.494 e. The Hall–Kier alpha value is -7.34. The van der Waals surface area contributed by atoms with Gasteiger partial charge in [-0.1, -0.05) is 148 Å². The zero-order valence-electron chi connectivity index (χ0n) is 44.1. The Balaban J connectivity index is 0.906. The highest BCUT2D eigenvalue weighted by Crippen LogP contribution is 2.33. The summed E-state index contributed by atoms with van der Waals surface area (Å²) in [6, 6.07) is 32.2. The van der Waals surface area contributed by atoms with Gasteiger partial charge in [-0.2, -0.15) is 0 Å². The molecule has 0 N–H and O–H groups in total. The first-order valence-electron chi connectivity index (χ1n) is 27.2. The lowest BCUT2D eigenvalue weighted by Crippen LogP contribution is -2.11. The SMILES string of the molecule is CCCCCCCCCCCCOc1ccc(C(=O)Oc2ccc(C(=O)Oc3ccc(-c4cccc(OC(=O)c5ccc(OC(=O)c6ccc(OCCCCCCCCCCCC)cc6)cc5)c4F)cc3F)cc2)cc1. The predicted octanol–water partition coefficient (Wildman–Crippen LogP) is 17.1. The summed E-state index contributed by atoms with van der Waals surface area (Å²) in [5, 5.41) is 0. The summed E-state index contributed by atoms with van der Waals surface area (Å²) in [4.78, 5) is 51.8. The van der Waals surface area contributed by atoms with Gasteiger partial charge in [0.05, 0.1) is 35.5 Å². The molecule has 6 aromatic rings. The largest absolute Gasteiger partial charge is 0.494 e. The number of halogens is 2. The van der Waals surface area contributed by atoms with Crippen LogP contribution in [0.1, 0.15) is 184 Å². The Morgan fingerprint density at radius 1 is 0.355 bits per heavy atom. The van der Waals surface area contributed by atoms with Gasteiger partial charge in [-0.3, -0.25) is 0 Å². The summed E-state index contributed by atoms with van der Waals surface area (Å²) in [5.74, 6) is -3.94. The van der Waals surface area contributed by atoms with Crippen molar-refractivity contribution in [1.82, 2.24) is 0 Å². The van der Waals surface area contributed by atoms with E-state index in [4.69, 9.17) is 28.4 Å². The minimum absolute atomic E-state index is 0.0581. The Morgan fingerprint density at radius 3 is 1.08 bits per heavy atom. The number of carbonyl (C=O) groups excluding carboxylic acids is 4. The monoisotopic (exact) mass is 1040 g/mol. The van der Waals surface area contributed by atoms with Crippen molar-refractivity contribution in [3.05, 3.63) is 167 Å². The van der Waals surface area contributed by atoms with Gasteiger partial charge in [0, 0.05) is 5.56 Å². The van der Waals surface area contributed by atoms with E-state index in [1.165, 1.54) is 182 Å². The van der Waals surface area contributed by atoms with Gasteiger partial charge in [-0.05, 0) is 134 Å². The molecule has 76 heavy (non-hydrogen) atoms. The standard InChI is InChI=1S/C64H72F2O10/c1-3-5-7-9-11-13-15-17-19-21-44-71-52-35-26-47(27-36-52)61(67)73-54-39-30-49(31-40-54)63(69)75-58-43-34-51(46-57(58)65)56-24-23-25-59(60(56)66)76-64(70)50-32-41-55(42-33-50)74-62(68)48-28-37-53(38-29-48)72-45-22-20-18-16-14-12-10-8-6-4-2/h23-43,46H,3-22,44-45H2,1-2H3. The number of ether oxygens (including phenoxy) is 6. The molecule has 0 aliphatic rings. The number of benzene rings is 6.